The van der Waals surface area contributed by atoms with Crippen LogP contribution in [0.15, 0.2) is 54.6 Å². The van der Waals surface area contributed by atoms with Crippen molar-refractivity contribution >= 4 is 0 Å². The smallest absolute Gasteiger partial charge is 0.127 e. The van der Waals surface area contributed by atoms with Crippen molar-refractivity contribution in [3.63, 3.8) is 0 Å². The number of β-amino-alcohol motifs (C(OH)–C–C–N with tert-alkyl or cyclic N) is 1. The summed E-state index contributed by atoms with van der Waals surface area (Å²) < 4.78 is 5.78. The molecule has 0 bridgehead atoms. The van der Waals surface area contributed by atoms with Gasteiger partial charge in [-0.3, -0.25) is 4.90 Å². The van der Waals surface area contributed by atoms with Crippen molar-refractivity contribution in [3.05, 3.63) is 60.2 Å². The molecule has 4 atom stereocenters. The SMILES string of the molecule is C[C@@H]1[C@@H](O)[C@H](O)[C@@H](O)CN1CCc1ccc(Oc2ccccc2)cc1. The zero-order valence-electron chi connectivity index (χ0n) is 14.3. The third-order valence-corrected chi connectivity index (χ3v) is 4.83. The van der Waals surface area contributed by atoms with Crippen molar-refractivity contribution in [3.8, 4) is 11.5 Å². The third kappa shape index (κ3) is 4.38. The summed E-state index contributed by atoms with van der Waals surface area (Å²) in [5.41, 5.74) is 1.16. The first kappa shape index (κ1) is 17.9. The van der Waals surface area contributed by atoms with Gasteiger partial charge in [0.2, 0.25) is 0 Å². The average molecular weight is 343 g/mol. The van der Waals surface area contributed by atoms with Gasteiger partial charge in [-0.15, -0.1) is 0 Å². The molecular weight excluding hydrogens is 318 g/mol. The molecule has 0 unspecified atom stereocenters. The van der Waals surface area contributed by atoms with E-state index >= 15 is 0 Å². The van der Waals surface area contributed by atoms with Crippen molar-refractivity contribution in [1.29, 1.82) is 0 Å². The minimum atomic E-state index is -1.07. The molecule has 1 fully saturated rings. The molecule has 0 amide bonds. The first-order chi connectivity index (χ1) is 12.0. The van der Waals surface area contributed by atoms with E-state index in [2.05, 4.69) is 0 Å². The third-order valence-electron chi connectivity index (χ3n) is 4.83. The standard InChI is InChI=1S/C20H25NO4/c1-14-19(23)20(24)18(22)13-21(14)12-11-15-7-9-17(10-8-15)25-16-5-3-2-4-6-16/h2-10,14,18-20,22-24H,11-13H2,1H3/t14-,18+,19-,20-/m1/s1. The molecule has 0 aromatic heterocycles. The molecule has 1 heterocycles. The molecule has 1 aliphatic rings. The second kappa shape index (κ2) is 7.97. The largest absolute Gasteiger partial charge is 0.457 e. The second-order valence-corrected chi connectivity index (χ2v) is 6.59. The van der Waals surface area contributed by atoms with Gasteiger partial charge in [0.15, 0.2) is 0 Å². The number of ether oxygens (including phenoxy) is 1. The number of para-hydroxylation sites is 1. The lowest BCUT2D eigenvalue weighted by atomic mass is 9.94. The molecule has 2 aromatic carbocycles. The van der Waals surface area contributed by atoms with Crippen molar-refractivity contribution in [1.82, 2.24) is 4.90 Å². The summed E-state index contributed by atoms with van der Waals surface area (Å²) in [6, 6.07) is 17.4. The Bertz CT molecular complexity index is 661. The van der Waals surface area contributed by atoms with Crippen molar-refractivity contribution < 1.29 is 20.1 Å². The summed E-state index contributed by atoms with van der Waals surface area (Å²) in [5, 5.41) is 29.6. The fraction of sp³-hybridized carbons (Fsp3) is 0.400. The lowest BCUT2D eigenvalue weighted by Crippen LogP contribution is -2.60. The summed E-state index contributed by atoms with van der Waals surface area (Å²) >= 11 is 0. The predicted molar refractivity (Wildman–Crippen MR) is 95.7 cm³/mol. The lowest BCUT2D eigenvalue weighted by molar-refractivity contribution is -0.132. The summed E-state index contributed by atoms with van der Waals surface area (Å²) in [6.07, 6.45) is -2.11. The maximum Gasteiger partial charge on any atom is 0.127 e. The number of hydrogen-bond acceptors (Lipinski definition) is 5. The molecule has 134 valence electrons. The Labute approximate surface area is 148 Å². The maximum absolute atomic E-state index is 9.99. The Kier molecular flexibility index (Phi) is 5.71. The Balaban J connectivity index is 1.55. The molecule has 0 radical (unpaired) electrons. The van der Waals surface area contributed by atoms with Crippen LogP contribution in [0.25, 0.3) is 0 Å². The van der Waals surface area contributed by atoms with Gasteiger partial charge in [0.1, 0.15) is 17.6 Å². The van der Waals surface area contributed by atoms with Crippen LogP contribution in [0.5, 0.6) is 11.5 Å². The molecule has 1 aliphatic heterocycles. The average Bonchev–Trinajstić information content (AvgIpc) is 2.64. The number of aliphatic hydroxyl groups is 3. The summed E-state index contributed by atoms with van der Waals surface area (Å²) in [4.78, 5) is 2.01. The van der Waals surface area contributed by atoms with Gasteiger partial charge in [0, 0.05) is 19.1 Å². The van der Waals surface area contributed by atoms with Crippen LogP contribution in [0.2, 0.25) is 0 Å². The van der Waals surface area contributed by atoms with E-state index in [1.54, 1.807) is 0 Å². The van der Waals surface area contributed by atoms with Crippen molar-refractivity contribution in [2.24, 2.45) is 0 Å². The zero-order chi connectivity index (χ0) is 17.8. The highest BCUT2D eigenvalue weighted by molar-refractivity contribution is 5.33. The molecule has 0 spiro atoms. The number of aliphatic hydroxyl groups excluding tert-OH is 3. The molecular formula is C20H25NO4. The van der Waals surface area contributed by atoms with E-state index in [1.165, 1.54) is 0 Å². The number of rotatable bonds is 5. The molecule has 2 aromatic rings. The number of piperidine rings is 1. The second-order valence-electron chi connectivity index (χ2n) is 6.59. The topological polar surface area (TPSA) is 73.2 Å². The summed E-state index contributed by atoms with van der Waals surface area (Å²) in [5.74, 6) is 1.59. The first-order valence-electron chi connectivity index (χ1n) is 8.64. The van der Waals surface area contributed by atoms with Crippen LogP contribution in [0.4, 0.5) is 0 Å². The fourth-order valence-electron chi connectivity index (χ4n) is 3.16. The highest BCUT2D eigenvalue weighted by Gasteiger charge is 2.38. The Morgan fingerprint density at radius 3 is 2.24 bits per heavy atom. The normalized spacial score (nSPS) is 27.2. The molecule has 0 saturated carbocycles. The molecule has 3 N–H and O–H groups in total. The van der Waals surface area contributed by atoms with Crippen LogP contribution in [0.1, 0.15) is 12.5 Å². The molecule has 1 saturated heterocycles. The van der Waals surface area contributed by atoms with E-state index < -0.39 is 18.3 Å². The van der Waals surface area contributed by atoms with E-state index in [0.29, 0.717) is 13.1 Å². The number of likely N-dealkylation sites (tertiary alicyclic amines) is 1. The van der Waals surface area contributed by atoms with E-state index in [4.69, 9.17) is 4.74 Å². The molecule has 3 rings (SSSR count). The van der Waals surface area contributed by atoms with Gasteiger partial charge in [-0.25, -0.2) is 0 Å². The monoisotopic (exact) mass is 343 g/mol. The maximum atomic E-state index is 9.99. The fourth-order valence-corrected chi connectivity index (χ4v) is 3.16. The Hall–Kier alpha value is -1.92. The van der Waals surface area contributed by atoms with E-state index in [0.717, 1.165) is 23.5 Å². The van der Waals surface area contributed by atoms with Crippen molar-refractivity contribution in [2.75, 3.05) is 13.1 Å². The van der Waals surface area contributed by atoms with Crippen LogP contribution in [0, 0.1) is 0 Å². The van der Waals surface area contributed by atoms with Gasteiger partial charge in [-0.1, -0.05) is 30.3 Å². The summed E-state index contributed by atoms with van der Waals surface area (Å²) in [6.45, 7) is 2.95. The number of hydrogen-bond donors (Lipinski definition) is 3. The minimum absolute atomic E-state index is 0.181. The molecule has 0 aliphatic carbocycles. The van der Waals surface area contributed by atoms with Crippen LogP contribution >= 0.6 is 0 Å². The molecule has 5 heteroatoms. The Morgan fingerprint density at radius 1 is 0.920 bits per heavy atom. The predicted octanol–water partition coefficient (Wildman–Crippen LogP) is 1.81. The number of benzene rings is 2. The minimum Gasteiger partial charge on any atom is -0.457 e. The highest BCUT2D eigenvalue weighted by Crippen LogP contribution is 2.22. The molecule has 5 nitrogen and oxygen atoms in total. The summed E-state index contributed by atoms with van der Waals surface area (Å²) in [7, 11) is 0. The van der Waals surface area contributed by atoms with Gasteiger partial charge in [-0.05, 0) is 43.2 Å². The van der Waals surface area contributed by atoms with Crippen LogP contribution in [0.3, 0.4) is 0 Å². The number of nitrogens with zero attached hydrogens (tertiary/aromatic N) is 1. The highest BCUT2D eigenvalue weighted by atomic mass is 16.5. The van der Waals surface area contributed by atoms with Crippen molar-refractivity contribution in [2.45, 2.75) is 37.7 Å². The first-order valence-corrected chi connectivity index (χ1v) is 8.64. The Morgan fingerprint density at radius 2 is 1.56 bits per heavy atom. The molecule has 25 heavy (non-hydrogen) atoms. The van der Waals surface area contributed by atoms with Crippen LogP contribution < -0.4 is 4.74 Å². The van der Waals surface area contributed by atoms with Gasteiger partial charge < -0.3 is 20.1 Å². The van der Waals surface area contributed by atoms with Gasteiger partial charge in [0.25, 0.3) is 0 Å². The van der Waals surface area contributed by atoms with Crippen LogP contribution in [-0.4, -0.2) is 57.7 Å². The van der Waals surface area contributed by atoms with E-state index in [9.17, 15) is 15.3 Å². The van der Waals surface area contributed by atoms with Gasteiger partial charge in [0.05, 0.1) is 12.2 Å². The van der Waals surface area contributed by atoms with Gasteiger partial charge in [-0.2, -0.15) is 0 Å². The van der Waals surface area contributed by atoms with E-state index in [1.807, 2.05) is 66.4 Å². The van der Waals surface area contributed by atoms with Gasteiger partial charge >= 0.3 is 0 Å². The zero-order valence-corrected chi connectivity index (χ0v) is 14.3. The lowest BCUT2D eigenvalue weighted by Gasteiger charge is -2.42. The van der Waals surface area contributed by atoms with E-state index in [-0.39, 0.29) is 6.04 Å². The van der Waals surface area contributed by atoms with Crippen LogP contribution in [-0.2, 0) is 6.42 Å². The quantitative estimate of drug-likeness (QED) is 0.772.